The Balaban J connectivity index is 3.40. The summed E-state index contributed by atoms with van der Waals surface area (Å²) in [5.41, 5.74) is 4.85. The first-order valence-electron chi connectivity index (χ1n) is 1.92. The van der Waals surface area contributed by atoms with Gasteiger partial charge in [-0.1, -0.05) is 0 Å². The fourth-order valence-electron chi connectivity index (χ4n) is 0.165. The number of hydrogen-bond acceptors (Lipinski definition) is 3. The Morgan fingerprint density at radius 1 is 1.88 bits per heavy atom. The summed E-state index contributed by atoms with van der Waals surface area (Å²) in [6, 6.07) is 0. The van der Waals surface area contributed by atoms with Crippen LogP contribution in [0, 0.1) is 0 Å². The van der Waals surface area contributed by atoms with E-state index in [9.17, 15) is 4.79 Å². The van der Waals surface area contributed by atoms with E-state index in [4.69, 9.17) is 17.3 Å². The lowest BCUT2D eigenvalue weighted by atomic mass is 10.7. The highest BCUT2D eigenvalue weighted by Crippen LogP contribution is 1.96. The number of carbonyl (C=O) groups is 1. The van der Waals surface area contributed by atoms with Gasteiger partial charge >= 0.3 is 5.97 Å². The summed E-state index contributed by atoms with van der Waals surface area (Å²) in [5.74, 6) is -0.579. The third-order valence-corrected chi connectivity index (χ3v) is 0.468. The van der Waals surface area contributed by atoms with Gasteiger partial charge in [-0.2, -0.15) is 0 Å². The van der Waals surface area contributed by atoms with Crippen molar-refractivity contribution in [3.63, 3.8) is 0 Å². The molecule has 0 spiro atoms. The van der Waals surface area contributed by atoms with E-state index >= 15 is 0 Å². The van der Waals surface area contributed by atoms with E-state index in [2.05, 4.69) is 11.3 Å². The van der Waals surface area contributed by atoms with Crippen LogP contribution in [0.25, 0.3) is 0 Å². The predicted molar refractivity (Wildman–Crippen MR) is 30.1 cm³/mol. The summed E-state index contributed by atoms with van der Waals surface area (Å²) in [6.07, 6.45) is 0. The minimum Gasteiger partial charge on any atom is -0.414 e. The zero-order chi connectivity index (χ0) is 6.57. The van der Waals surface area contributed by atoms with Crippen molar-refractivity contribution in [3.05, 3.63) is 11.8 Å². The van der Waals surface area contributed by atoms with Gasteiger partial charge in [0.25, 0.3) is 0 Å². The van der Waals surface area contributed by atoms with Crippen molar-refractivity contribution >= 4 is 17.6 Å². The van der Waals surface area contributed by atoms with Crippen LogP contribution in [0.15, 0.2) is 11.8 Å². The largest absolute Gasteiger partial charge is 0.414 e. The predicted octanol–water partition coefficient (Wildman–Crippen LogP) is 0.198. The molecule has 0 aliphatic heterocycles. The van der Waals surface area contributed by atoms with Crippen LogP contribution < -0.4 is 5.73 Å². The van der Waals surface area contributed by atoms with E-state index in [0.29, 0.717) is 0 Å². The summed E-state index contributed by atoms with van der Waals surface area (Å²) in [6.45, 7) is 2.94. The fraction of sp³-hybridized carbons (Fsp3) is 0.250. The van der Waals surface area contributed by atoms with Crippen LogP contribution in [0.3, 0.4) is 0 Å². The fourth-order valence-corrected chi connectivity index (χ4v) is 0.251. The Labute approximate surface area is 52.1 Å². The molecule has 0 aliphatic carbocycles. The molecule has 0 rings (SSSR count). The van der Waals surface area contributed by atoms with Crippen molar-refractivity contribution in [3.8, 4) is 0 Å². The van der Waals surface area contributed by atoms with Crippen LogP contribution in [0.2, 0.25) is 0 Å². The standard InChI is InChI=1S/C4H6ClNO2/c1-3(5)8-4(7)2-6/h1-2,6H2. The Morgan fingerprint density at radius 3 is 2.50 bits per heavy atom. The van der Waals surface area contributed by atoms with Gasteiger partial charge in [0.05, 0.1) is 6.54 Å². The Kier molecular flexibility index (Phi) is 3.23. The van der Waals surface area contributed by atoms with Crippen LogP contribution in [0.1, 0.15) is 0 Å². The summed E-state index contributed by atoms with van der Waals surface area (Å²) in [7, 11) is 0. The molecule has 0 atom stereocenters. The minimum atomic E-state index is -0.579. The van der Waals surface area contributed by atoms with E-state index in [-0.39, 0.29) is 11.8 Å². The van der Waals surface area contributed by atoms with Crippen LogP contribution in [0.4, 0.5) is 0 Å². The molecule has 0 aromatic carbocycles. The highest BCUT2D eigenvalue weighted by Gasteiger charge is 1.97. The van der Waals surface area contributed by atoms with Crippen LogP contribution >= 0.6 is 11.6 Å². The normalized spacial score (nSPS) is 8.25. The van der Waals surface area contributed by atoms with Gasteiger partial charge < -0.3 is 10.5 Å². The van der Waals surface area contributed by atoms with Crippen LogP contribution in [-0.2, 0) is 9.53 Å². The van der Waals surface area contributed by atoms with Crippen molar-refractivity contribution in [1.29, 1.82) is 0 Å². The summed E-state index contributed by atoms with van der Waals surface area (Å²) in [5, 5.41) is -0.152. The smallest absolute Gasteiger partial charge is 0.325 e. The lowest BCUT2D eigenvalue weighted by Crippen LogP contribution is -2.14. The Bertz CT molecular complexity index is 113. The SMILES string of the molecule is C=C(Cl)OC(=O)CN. The molecule has 0 amide bonds. The van der Waals surface area contributed by atoms with E-state index in [0.717, 1.165) is 0 Å². The molecule has 0 unspecified atom stereocenters. The van der Waals surface area contributed by atoms with Gasteiger partial charge in [-0.3, -0.25) is 4.79 Å². The van der Waals surface area contributed by atoms with E-state index in [1.807, 2.05) is 0 Å². The molecular weight excluding hydrogens is 130 g/mol. The molecular formula is C4H6ClNO2. The van der Waals surface area contributed by atoms with Crippen molar-refractivity contribution < 1.29 is 9.53 Å². The third kappa shape index (κ3) is 3.64. The topological polar surface area (TPSA) is 52.3 Å². The summed E-state index contributed by atoms with van der Waals surface area (Å²) >= 11 is 5.06. The second kappa shape index (κ2) is 3.46. The van der Waals surface area contributed by atoms with Crippen molar-refractivity contribution in [2.45, 2.75) is 0 Å². The molecule has 0 aliphatic rings. The van der Waals surface area contributed by atoms with Gasteiger partial charge in [0, 0.05) is 0 Å². The van der Waals surface area contributed by atoms with E-state index in [1.165, 1.54) is 0 Å². The zero-order valence-corrected chi connectivity index (χ0v) is 4.94. The first kappa shape index (κ1) is 7.46. The molecule has 46 valence electrons. The van der Waals surface area contributed by atoms with Crippen molar-refractivity contribution in [2.75, 3.05) is 6.54 Å². The molecule has 0 aromatic heterocycles. The second-order valence-corrected chi connectivity index (χ2v) is 1.45. The molecule has 0 bridgehead atoms. The maximum absolute atomic E-state index is 10.1. The Hall–Kier alpha value is -0.540. The Morgan fingerprint density at radius 2 is 2.38 bits per heavy atom. The zero-order valence-electron chi connectivity index (χ0n) is 4.19. The van der Waals surface area contributed by atoms with E-state index in [1.54, 1.807) is 0 Å². The summed E-state index contributed by atoms with van der Waals surface area (Å²) < 4.78 is 4.21. The van der Waals surface area contributed by atoms with Gasteiger partial charge in [0.15, 0.2) is 5.22 Å². The quantitative estimate of drug-likeness (QED) is 0.435. The average Bonchev–Trinajstić information content (AvgIpc) is 1.65. The summed E-state index contributed by atoms with van der Waals surface area (Å²) in [4.78, 5) is 10.1. The van der Waals surface area contributed by atoms with Gasteiger partial charge in [0.1, 0.15) is 0 Å². The first-order valence-corrected chi connectivity index (χ1v) is 2.29. The van der Waals surface area contributed by atoms with E-state index < -0.39 is 5.97 Å². The third-order valence-electron chi connectivity index (χ3n) is 0.391. The molecule has 0 saturated heterocycles. The average molecular weight is 136 g/mol. The molecule has 2 N–H and O–H groups in total. The number of esters is 1. The molecule has 3 nitrogen and oxygen atoms in total. The number of carbonyl (C=O) groups excluding carboxylic acids is 1. The number of hydrogen-bond donors (Lipinski definition) is 1. The molecule has 8 heavy (non-hydrogen) atoms. The molecule has 0 saturated carbocycles. The highest BCUT2D eigenvalue weighted by molar-refractivity contribution is 6.28. The number of ether oxygens (including phenoxy) is 1. The van der Waals surface area contributed by atoms with Gasteiger partial charge in [0.2, 0.25) is 0 Å². The van der Waals surface area contributed by atoms with Crippen LogP contribution in [0.5, 0.6) is 0 Å². The number of nitrogens with two attached hydrogens (primary N) is 1. The lowest BCUT2D eigenvalue weighted by Gasteiger charge is -1.94. The molecule has 0 radical (unpaired) electrons. The van der Waals surface area contributed by atoms with Gasteiger partial charge in [-0.25, -0.2) is 0 Å². The van der Waals surface area contributed by atoms with Crippen molar-refractivity contribution in [2.24, 2.45) is 5.73 Å². The maximum Gasteiger partial charge on any atom is 0.325 e. The second-order valence-electron chi connectivity index (χ2n) is 1.03. The molecule has 4 heteroatoms. The number of halogens is 1. The lowest BCUT2D eigenvalue weighted by molar-refractivity contribution is -0.136. The molecule has 0 aromatic rings. The number of rotatable bonds is 2. The minimum absolute atomic E-state index is 0.152. The molecule has 0 heterocycles. The van der Waals surface area contributed by atoms with Crippen LogP contribution in [-0.4, -0.2) is 12.5 Å². The van der Waals surface area contributed by atoms with Crippen molar-refractivity contribution in [1.82, 2.24) is 0 Å². The first-order chi connectivity index (χ1) is 3.66. The monoisotopic (exact) mass is 135 g/mol. The van der Waals surface area contributed by atoms with Gasteiger partial charge in [-0.15, -0.1) is 0 Å². The molecule has 0 fully saturated rings. The highest BCUT2D eigenvalue weighted by atomic mass is 35.5. The van der Waals surface area contributed by atoms with Gasteiger partial charge in [-0.05, 0) is 18.2 Å². The maximum atomic E-state index is 10.1.